The number of benzene rings is 1. The zero-order valence-corrected chi connectivity index (χ0v) is 14.0. The van der Waals surface area contributed by atoms with E-state index in [1.165, 1.54) is 5.56 Å². The fraction of sp³-hybridized carbons (Fsp3) is 0.375. The maximum absolute atomic E-state index is 10.4. The minimum atomic E-state index is -0.502. The summed E-state index contributed by atoms with van der Waals surface area (Å²) in [7, 11) is 0. The van der Waals surface area contributed by atoms with E-state index in [0.717, 1.165) is 28.6 Å². The molecule has 1 aliphatic heterocycles. The van der Waals surface area contributed by atoms with E-state index in [1.807, 2.05) is 12.1 Å². The SMILES string of the molecule is OC(CCc1ccsc1)c1cc(Br)c2c(c1)OCCCO2. The van der Waals surface area contributed by atoms with Crippen molar-refractivity contribution in [1.82, 2.24) is 0 Å². The number of fused-ring (bicyclic) bond motifs is 1. The van der Waals surface area contributed by atoms with Crippen LogP contribution >= 0.6 is 27.3 Å². The van der Waals surface area contributed by atoms with Gasteiger partial charge < -0.3 is 14.6 Å². The zero-order valence-electron chi connectivity index (χ0n) is 11.5. The van der Waals surface area contributed by atoms with Crippen LogP contribution in [0.3, 0.4) is 0 Å². The Balaban J connectivity index is 1.75. The number of halogens is 1. The third kappa shape index (κ3) is 3.59. The number of aliphatic hydroxyl groups excluding tert-OH is 1. The molecule has 2 heterocycles. The van der Waals surface area contributed by atoms with E-state index in [0.29, 0.717) is 25.4 Å². The van der Waals surface area contributed by atoms with Gasteiger partial charge in [0.1, 0.15) is 0 Å². The number of aryl methyl sites for hydroxylation is 1. The van der Waals surface area contributed by atoms with Crippen molar-refractivity contribution in [3.8, 4) is 11.5 Å². The van der Waals surface area contributed by atoms with Gasteiger partial charge in [-0.15, -0.1) is 0 Å². The van der Waals surface area contributed by atoms with Crippen LogP contribution in [0.5, 0.6) is 11.5 Å². The van der Waals surface area contributed by atoms with Crippen LogP contribution in [0.15, 0.2) is 33.4 Å². The first-order valence-electron chi connectivity index (χ1n) is 7.02. The first kappa shape index (κ1) is 14.9. The third-order valence-corrected chi connectivity index (χ3v) is 4.82. The van der Waals surface area contributed by atoms with Crippen molar-refractivity contribution < 1.29 is 14.6 Å². The molecule has 1 N–H and O–H groups in total. The van der Waals surface area contributed by atoms with Gasteiger partial charge in [0.2, 0.25) is 0 Å². The van der Waals surface area contributed by atoms with Gasteiger partial charge in [-0.1, -0.05) is 0 Å². The lowest BCUT2D eigenvalue weighted by atomic mass is 10.0. The lowest BCUT2D eigenvalue weighted by Gasteiger charge is -2.15. The summed E-state index contributed by atoms with van der Waals surface area (Å²) in [5, 5.41) is 14.6. The van der Waals surface area contributed by atoms with E-state index < -0.39 is 6.10 Å². The largest absolute Gasteiger partial charge is 0.490 e. The van der Waals surface area contributed by atoms with Crippen LogP contribution in [0.2, 0.25) is 0 Å². The molecule has 1 aliphatic rings. The number of aliphatic hydroxyl groups is 1. The quantitative estimate of drug-likeness (QED) is 0.872. The molecule has 0 saturated heterocycles. The highest BCUT2D eigenvalue weighted by Crippen LogP contribution is 2.40. The molecule has 0 amide bonds. The van der Waals surface area contributed by atoms with Gasteiger partial charge in [0, 0.05) is 6.42 Å². The molecule has 112 valence electrons. The molecule has 1 aromatic heterocycles. The van der Waals surface area contributed by atoms with Gasteiger partial charge in [0.05, 0.1) is 23.8 Å². The summed E-state index contributed by atoms with van der Waals surface area (Å²) in [5.74, 6) is 1.45. The maximum atomic E-state index is 10.4. The van der Waals surface area contributed by atoms with Crippen LogP contribution in [0.4, 0.5) is 0 Å². The molecule has 1 aromatic carbocycles. The molecule has 5 heteroatoms. The van der Waals surface area contributed by atoms with Crippen molar-refractivity contribution in [2.45, 2.75) is 25.4 Å². The first-order chi connectivity index (χ1) is 10.2. The van der Waals surface area contributed by atoms with Crippen molar-refractivity contribution in [1.29, 1.82) is 0 Å². The average Bonchev–Trinajstić information content (AvgIpc) is 2.88. The van der Waals surface area contributed by atoms with Crippen molar-refractivity contribution >= 4 is 27.3 Å². The standard InChI is InChI=1S/C16H17BrO3S/c17-13-8-12(9-15-16(13)20-6-1-5-19-15)14(18)3-2-11-4-7-21-10-11/h4,7-10,14,18H,1-3,5-6H2. The van der Waals surface area contributed by atoms with E-state index in [-0.39, 0.29) is 0 Å². The summed E-state index contributed by atoms with van der Waals surface area (Å²) in [6.07, 6.45) is 1.94. The van der Waals surface area contributed by atoms with Gasteiger partial charge in [0.15, 0.2) is 11.5 Å². The zero-order chi connectivity index (χ0) is 14.7. The fourth-order valence-corrected chi connectivity index (χ4v) is 3.63. The number of hydrogen-bond donors (Lipinski definition) is 1. The van der Waals surface area contributed by atoms with Crippen LogP contribution in [0, 0.1) is 0 Å². The summed E-state index contributed by atoms with van der Waals surface area (Å²) in [5.41, 5.74) is 2.13. The minimum absolute atomic E-state index is 0.502. The molecule has 21 heavy (non-hydrogen) atoms. The van der Waals surface area contributed by atoms with Crippen LogP contribution in [0.25, 0.3) is 0 Å². The Labute approximate surface area is 136 Å². The summed E-state index contributed by atoms with van der Waals surface area (Å²) in [6.45, 7) is 1.31. The van der Waals surface area contributed by atoms with Crippen molar-refractivity contribution in [2.24, 2.45) is 0 Å². The van der Waals surface area contributed by atoms with Crippen LogP contribution in [-0.2, 0) is 6.42 Å². The molecular formula is C16H17BrO3S. The molecule has 3 nitrogen and oxygen atoms in total. The average molecular weight is 369 g/mol. The minimum Gasteiger partial charge on any atom is -0.490 e. The van der Waals surface area contributed by atoms with Crippen LogP contribution in [0.1, 0.15) is 30.1 Å². The third-order valence-electron chi connectivity index (χ3n) is 3.50. The van der Waals surface area contributed by atoms with Gasteiger partial charge in [-0.3, -0.25) is 0 Å². The highest BCUT2D eigenvalue weighted by molar-refractivity contribution is 9.10. The van der Waals surface area contributed by atoms with Crippen LogP contribution in [-0.4, -0.2) is 18.3 Å². The molecule has 0 spiro atoms. The first-order valence-corrected chi connectivity index (χ1v) is 8.76. The molecule has 3 rings (SSSR count). The van der Waals surface area contributed by atoms with Gasteiger partial charge in [0.25, 0.3) is 0 Å². The van der Waals surface area contributed by atoms with Crippen molar-refractivity contribution in [3.63, 3.8) is 0 Å². The Bertz CT molecular complexity index is 598. The summed E-state index contributed by atoms with van der Waals surface area (Å²) < 4.78 is 12.2. The molecule has 0 bridgehead atoms. The highest BCUT2D eigenvalue weighted by atomic mass is 79.9. The van der Waals surface area contributed by atoms with Crippen LogP contribution < -0.4 is 9.47 Å². The van der Waals surface area contributed by atoms with E-state index in [9.17, 15) is 5.11 Å². The topological polar surface area (TPSA) is 38.7 Å². The number of rotatable bonds is 4. The number of hydrogen-bond acceptors (Lipinski definition) is 4. The molecule has 2 aromatic rings. The summed E-state index contributed by atoms with van der Waals surface area (Å²) in [4.78, 5) is 0. The smallest absolute Gasteiger partial charge is 0.175 e. The second-order valence-electron chi connectivity index (χ2n) is 5.07. The lowest BCUT2D eigenvalue weighted by molar-refractivity contribution is 0.167. The number of thiophene rings is 1. The second-order valence-corrected chi connectivity index (χ2v) is 6.70. The normalized spacial score (nSPS) is 15.5. The summed E-state index contributed by atoms with van der Waals surface area (Å²) >= 11 is 5.20. The van der Waals surface area contributed by atoms with Crippen molar-refractivity contribution in [3.05, 3.63) is 44.6 Å². The second kappa shape index (κ2) is 6.81. The Morgan fingerprint density at radius 2 is 2.14 bits per heavy atom. The predicted molar refractivity (Wildman–Crippen MR) is 87.3 cm³/mol. The Morgan fingerprint density at radius 3 is 2.95 bits per heavy atom. The monoisotopic (exact) mass is 368 g/mol. The van der Waals surface area contributed by atoms with E-state index >= 15 is 0 Å². The lowest BCUT2D eigenvalue weighted by Crippen LogP contribution is -2.01. The number of ether oxygens (including phenoxy) is 2. The Kier molecular flexibility index (Phi) is 4.83. The predicted octanol–water partition coefficient (Wildman–Crippen LogP) is 4.34. The summed E-state index contributed by atoms with van der Waals surface area (Å²) in [6, 6.07) is 5.91. The van der Waals surface area contributed by atoms with E-state index in [1.54, 1.807) is 11.3 Å². The van der Waals surface area contributed by atoms with Crippen molar-refractivity contribution in [2.75, 3.05) is 13.2 Å². The molecular weight excluding hydrogens is 352 g/mol. The van der Waals surface area contributed by atoms with Gasteiger partial charge in [-0.25, -0.2) is 0 Å². The maximum Gasteiger partial charge on any atom is 0.175 e. The van der Waals surface area contributed by atoms with E-state index in [4.69, 9.17) is 9.47 Å². The van der Waals surface area contributed by atoms with Gasteiger partial charge in [-0.05, 0) is 68.9 Å². The van der Waals surface area contributed by atoms with Gasteiger partial charge in [-0.2, -0.15) is 11.3 Å². The highest BCUT2D eigenvalue weighted by Gasteiger charge is 2.18. The molecule has 0 radical (unpaired) electrons. The van der Waals surface area contributed by atoms with Gasteiger partial charge >= 0.3 is 0 Å². The fourth-order valence-electron chi connectivity index (χ4n) is 2.35. The molecule has 0 fully saturated rings. The molecule has 0 saturated carbocycles. The van der Waals surface area contributed by atoms with E-state index in [2.05, 4.69) is 32.8 Å². The molecule has 1 atom stereocenters. The molecule has 0 aliphatic carbocycles. The Morgan fingerprint density at radius 1 is 1.29 bits per heavy atom. The Hall–Kier alpha value is -1.04. The molecule has 1 unspecified atom stereocenters.